The van der Waals surface area contributed by atoms with Gasteiger partial charge < -0.3 is 15.1 Å². The lowest BCUT2D eigenvalue weighted by atomic mass is 10.2. The summed E-state index contributed by atoms with van der Waals surface area (Å²) in [5.74, 6) is -0.191. The summed E-state index contributed by atoms with van der Waals surface area (Å²) in [6, 6.07) is 15.7. The fraction of sp³-hybridized carbons (Fsp3) is 0.348. The maximum Gasteiger partial charge on any atom is 0.275 e. The first-order valence-electron chi connectivity index (χ1n) is 10.3. The number of nitrogens with zero attached hydrogens (tertiary/aromatic N) is 4. The highest BCUT2D eigenvalue weighted by Crippen LogP contribution is 2.21. The number of nitrogens with one attached hydrogen (secondary N) is 1. The summed E-state index contributed by atoms with van der Waals surface area (Å²) in [5, 5.41) is 8.26. The zero-order chi connectivity index (χ0) is 21.1. The van der Waals surface area contributed by atoms with Crippen LogP contribution >= 0.6 is 0 Å². The van der Waals surface area contributed by atoms with Gasteiger partial charge in [-0.2, -0.15) is 5.10 Å². The average molecular weight is 406 g/mol. The van der Waals surface area contributed by atoms with Gasteiger partial charge in [-0.1, -0.05) is 30.3 Å². The summed E-state index contributed by atoms with van der Waals surface area (Å²) < 4.78 is 1.63. The highest BCUT2D eigenvalue weighted by Gasteiger charge is 2.25. The van der Waals surface area contributed by atoms with Crippen molar-refractivity contribution in [2.45, 2.75) is 25.9 Å². The van der Waals surface area contributed by atoms with Crippen LogP contribution in [0.25, 0.3) is 10.9 Å². The minimum atomic E-state index is -0.139. The molecular formula is C23H27N5O2. The molecule has 2 heterocycles. The maximum atomic E-state index is 12.9. The number of rotatable bonds is 6. The van der Waals surface area contributed by atoms with E-state index in [9.17, 15) is 9.59 Å². The first-order valence-corrected chi connectivity index (χ1v) is 10.3. The molecule has 0 spiro atoms. The predicted molar refractivity (Wildman–Crippen MR) is 117 cm³/mol. The first kappa shape index (κ1) is 19.9. The van der Waals surface area contributed by atoms with Gasteiger partial charge in [0, 0.05) is 44.8 Å². The lowest BCUT2D eigenvalue weighted by Crippen LogP contribution is -2.29. The molecule has 0 saturated carbocycles. The third kappa shape index (κ3) is 4.15. The Morgan fingerprint density at radius 1 is 1.03 bits per heavy atom. The molecular weight excluding hydrogens is 378 g/mol. The van der Waals surface area contributed by atoms with Crippen LogP contribution in [-0.4, -0.2) is 53.7 Å². The van der Waals surface area contributed by atoms with Crippen LogP contribution in [-0.2, 0) is 17.9 Å². The van der Waals surface area contributed by atoms with Crippen LogP contribution in [0.4, 0.5) is 5.69 Å². The molecule has 0 bridgehead atoms. The highest BCUT2D eigenvalue weighted by molar-refractivity contribution is 6.05. The number of benzene rings is 2. The van der Waals surface area contributed by atoms with Crippen molar-refractivity contribution >= 4 is 28.4 Å². The van der Waals surface area contributed by atoms with Gasteiger partial charge in [0.2, 0.25) is 5.91 Å². The first-order chi connectivity index (χ1) is 14.5. The largest absolute Gasteiger partial charge is 0.378 e. The Kier molecular flexibility index (Phi) is 5.70. The molecule has 0 atom stereocenters. The molecule has 4 rings (SSSR count). The standard InChI is InChI=1S/C23H27N5O2/c1-26(2)18-11-9-17(10-12-18)15-24-21(29)16-28-20-8-4-3-7-19(20)22(25-28)23(30)27-13-5-6-14-27/h3-4,7-12H,5-6,13-16H2,1-2H3,(H,24,29). The summed E-state index contributed by atoms with van der Waals surface area (Å²) in [7, 11) is 3.99. The van der Waals surface area contributed by atoms with Crippen LogP contribution in [0.5, 0.6) is 0 Å². The lowest BCUT2D eigenvalue weighted by molar-refractivity contribution is -0.121. The fourth-order valence-electron chi connectivity index (χ4n) is 3.78. The van der Waals surface area contributed by atoms with Gasteiger partial charge in [-0.25, -0.2) is 0 Å². The van der Waals surface area contributed by atoms with Gasteiger partial charge in [-0.15, -0.1) is 0 Å². The van der Waals surface area contributed by atoms with Crippen molar-refractivity contribution in [1.82, 2.24) is 20.0 Å². The van der Waals surface area contributed by atoms with E-state index in [-0.39, 0.29) is 18.4 Å². The van der Waals surface area contributed by atoms with Crippen molar-refractivity contribution < 1.29 is 9.59 Å². The van der Waals surface area contributed by atoms with Crippen molar-refractivity contribution in [3.05, 3.63) is 59.8 Å². The van der Waals surface area contributed by atoms with E-state index >= 15 is 0 Å². The number of aromatic nitrogens is 2. The Labute approximate surface area is 176 Å². The molecule has 1 aromatic heterocycles. The molecule has 156 valence electrons. The SMILES string of the molecule is CN(C)c1ccc(CNC(=O)Cn2nc(C(=O)N3CCCC3)c3ccccc32)cc1. The Balaban J connectivity index is 1.46. The zero-order valence-corrected chi connectivity index (χ0v) is 17.5. The average Bonchev–Trinajstić information content (AvgIpc) is 3.41. The van der Waals surface area contributed by atoms with Crippen molar-refractivity contribution in [3.63, 3.8) is 0 Å². The monoisotopic (exact) mass is 405 g/mol. The molecule has 7 nitrogen and oxygen atoms in total. The second-order valence-corrected chi connectivity index (χ2v) is 7.86. The van der Waals surface area contributed by atoms with Crippen LogP contribution in [0.3, 0.4) is 0 Å². The molecule has 30 heavy (non-hydrogen) atoms. The number of hydrogen-bond donors (Lipinski definition) is 1. The third-order valence-corrected chi connectivity index (χ3v) is 5.49. The number of fused-ring (bicyclic) bond motifs is 1. The molecule has 0 radical (unpaired) electrons. The van der Waals surface area contributed by atoms with Crippen LogP contribution < -0.4 is 10.2 Å². The smallest absolute Gasteiger partial charge is 0.275 e. The number of likely N-dealkylation sites (tertiary alicyclic amines) is 1. The van der Waals surface area contributed by atoms with E-state index in [1.54, 1.807) is 4.68 Å². The molecule has 1 fully saturated rings. The molecule has 0 unspecified atom stereocenters. The maximum absolute atomic E-state index is 12.9. The number of carbonyl (C=O) groups is 2. The van der Waals surface area contributed by atoms with E-state index in [2.05, 4.69) is 10.4 Å². The summed E-state index contributed by atoms with van der Waals surface area (Å²) in [5.41, 5.74) is 3.37. The summed E-state index contributed by atoms with van der Waals surface area (Å²) in [6.45, 7) is 2.06. The van der Waals surface area contributed by atoms with Gasteiger partial charge in [-0.05, 0) is 36.6 Å². The second kappa shape index (κ2) is 8.57. The van der Waals surface area contributed by atoms with Gasteiger partial charge in [0.15, 0.2) is 5.69 Å². The molecule has 1 aliphatic heterocycles. The van der Waals surface area contributed by atoms with Crippen molar-refractivity contribution in [2.75, 3.05) is 32.1 Å². The molecule has 1 aliphatic rings. The van der Waals surface area contributed by atoms with E-state index in [4.69, 9.17) is 0 Å². The number of amides is 2. The van der Waals surface area contributed by atoms with Crippen LogP contribution in [0.2, 0.25) is 0 Å². The Bertz CT molecular complexity index is 1050. The zero-order valence-electron chi connectivity index (χ0n) is 17.5. The van der Waals surface area contributed by atoms with Crippen molar-refractivity contribution in [2.24, 2.45) is 0 Å². The van der Waals surface area contributed by atoms with Crippen LogP contribution in [0.1, 0.15) is 28.9 Å². The highest BCUT2D eigenvalue weighted by atomic mass is 16.2. The molecule has 0 aliphatic carbocycles. The molecule has 7 heteroatoms. The second-order valence-electron chi connectivity index (χ2n) is 7.86. The van der Waals surface area contributed by atoms with Gasteiger partial charge in [0.1, 0.15) is 6.54 Å². The number of anilines is 1. The van der Waals surface area contributed by atoms with E-state index in [1.165, 1.54) is 0 Å². The van der Waals surface area contributed by atoms with Crippen molar-refractivity contribution in [1.29, 1.82) is 0 Å². The normalized spacial score (nSPS) is 13.6. The number of para-hydroxylation sites is 1. The van der Waals surface area contributed by atoms with E-state index in [1.807, 2.05) is 72.4 Å². The Morgan fingerprint density at radius 2 is 1.73 bits per heavy atom. The summed E-state index contributed by atoms with van der Waals surface area (Å²) in [6.07, 6.45) is 2.06. The molecule has 2 aromatic carbocycles. The fourth-order valence-corrected chi connectivity index (χ4v) is 3.78. The lowest BCUT2D eigenvalue weighted by Gasteiger charge is -2.13. The van der Waals surface area contributed by atoms with Crippen molar-refractivity contribution in [3.8, 4) is 0 Å². The minimum Gasteiger partial charge on any atom is -0.378 e. The molecule has 3 aromatic rings. The quantitative estimate of drug-likeness (QED) is 0.685. The summed E-state index contributed by atoms with van der Waals surface area (Å²) >= 11 is 0. The van der Waals surface area contributed by atoms with Gasteiger partial charge in [0.05, 0.1) is 5.52 Å². The van der Waals surface area contributed by atoms with Crippen LogP contribution in [0, 0.1) is 0 Å². The number of hydrogen-bond acceptors (Lipinski definition) is 4. The predicted octanol–water partition coefficient (Wildman–Crippen LogP) is 2.65. The van der Waals surface area contributed by atoms with E-state index < -0.39 is 0 Å². The topological polar surface area (TPSA) is 70.5 Å². The van der Waals surface area contributed by atoms with E-state index in [0.717, 1.165) is 48.1 Å². The third-order valence-electron chi connectivity index (χ3n) is 5.49. The Morgan fingerprint density at radius 3 is 2.43 bits per heavy atom. The minimum absolute atomic E-state index is 0.0520. The molecule has 2 amide bonds. The van der Waals surface area contributed by atoms with E-state index in [0.29, 0.717) is 12.2 Å². The van der Waals surface area contributed by atoms with Gasteiger partial charge in [0.25, 0.3) is 5.91 Å². The molecule has 1 saturated heterocycles. The van der Waals surface area contributed by atoms with Gasteiger partial charge >= 0.3 is 0 Å². The van der Waals surface area contributed by atoms with Gasteiger partial charge in [-0.3, -0.25) is 14.3 Å². The van der Waals surface area contributed by atoms with Crippen LogP contribution in [0.15, 0.2) is 48.5 Å². The molecule has 1 N–H and O–H groups in total. The Hall–Kier alpha value is -3.35. The summed E-state index contributed by atoms with van der Waals surface area (Å²) in [4.78, 5) is 29.3. The number of carbonyl (C=O) groups excluding carboxylic acids is 2.